The molecular weight excluding hydrogens is 292 g/mol. The topological polar surface area (TPSA) is 68.2 Å². The number of nitrogens with zero attached hydrogens (tertiary/aromatic N) is 2. The Morgan fingerprint density at radius 1 is 1.30 bits per heavy atom. The molecule has 2 N–H and O–H groups in total. The molecule has 2 rings (SSSR count). The van der Waals surface area contributed by atoms with Gasteiger partial charge in [0.05, 0.1) is 0 Å². The Morgan fingerprint density at radius 2 is 2.13 bits per heavy atom. The van der Waals surface area contributed by atoms with Crippen molar-refractivity contribution in [1.29, 1.82) is 0 Å². The van der Waals surface area contributed by atoms with Crippen LogP contribution >= 0.6 is 0 Å². The van der Waals surface area contributed by atoms with E-state index in [1.54, 1.807) is 17.9 Å². The lowest BCUT2D eigenvalue weighted by Crippen LogP contribution is -2.28. The first kappa shape index (κ1) is 16.8. The maximum absolute atomic E-state index is 11.8. The highest BCUT2D eigenvalue weighted by molar-refractivity contribution is 5.88. The summed E-state index contributed by atoms with van der Waals surface area (Å²) in [5, 5.41) is 9.73. The third-order valence-corrected chi connectivity index (χ3v) is 3.11. The molecule has 1 aromatic carbocycles. The highest BCUT2D eigenvalue weighted by Crippen LogP contribution is 2.03. The van der Waals surface area contributed by atoms with Gasteiger partial charge in [0.15, 0.2) is 5.82 Å². The minimum atomic E-state index is -0.273. The fourth-order valence-corrected chi connectivity index (χ4v) is 2.00. The van der Waals surface area contributed by atoms with Gasteiger partial charge in [0, 0.05) is 39.1 Å². The van der Waals surface area contributed by atoms with Gasteiger partial charge < -0.3 is 10.1 Å². The van der Waals surface area contributed by atoms with Crippen LogP contribution in [0.1, 0.15) is 12.0 Å². The Morgan fingerprint density at radius 3 is 2.91 bits per heavy atom. The van der Waals surface area contributed by atoms with Crippen LogP contribution in [-0.4, -0.2) is 36.1 Å². The molecule has 0 atom stereocenters. The van der Waals surface area contributed by atoms with Crippen LogP contribution in [0, 0.1) is 0 Å². The van der Waals surface area contributed by atoms with Crippen molar-refractivity contribution in [3.8, 4) is 0 Å². The van der Waals surface area contributed by atoms with E-state index < -0.39 is 0 Å². The van der Waals surface area contributed by atoms with Crippen molar-refractivity contribution in [3.05, 3.63) is 54.2 Å². The van der Waals surface area contributed by atoms with Gasteiger partial charge in [-0.2, -0.15) is 5.10 Å². The quantitative estimate of drug-likeness (QED) is 0.736. The number of urea groups is 1. The van der Waals surface area contributed by atoms with Crippen LogP contribution in [0.4, 0.5) is 10.6 Å². The number of ether oxygens (including phenoxy) is 1. The van der Waals surface area contributed by atoms with Crippen LogP contribution in [0.3, 0.4) is 0 Å². The van der Waals surface area contributed by atoms with E-state index in [0.717, 1.165) is 18.5 Å². The lowest BCUT2D eigenvalue weighted by Gasteiger charge is -2.03. The van der Waals surface area contributed by atoms with E-state index in [1.807, 2.05) is 48.7 Å². The van der Waals surface area contributed by atoms with Crippen molar-refractivity contribution in [1.82, 2.24) is 15.1 Å². The highest BCUT2D eigenvalue weighted by atomic mass is 16.5. The second-order valence-corrected chi connectivity index (χ2v) is 4.96. The van der Waals surface area contributed by atoms with Crippen molar-refractivity contribution >= 4 is 17.9 Å². The van der Waals surface area contributed by atoms with Gasteiger partial charge in [-0.05, 0) is 12.0 Å². The zero-order valence-corrected chi connectivity index (χ0v) is 13.2. The number of benzene rings is 1. The SMILES string of the molecule is COCCCn1ccc(NC(=O)NCC=Cc2ccccc2)n1. The average molecular weight is 314 g/mol. The van der Waals surface area contributed by atoms with Gasteiger partial charge >= 0.3 is 6.03 Å². The number of rotatable bonds is 8. The van der Waals surface area contributed by atoms with Crippen molar-refractivity contribution in [2.75, 3.05) is 25.6 Å². The molecule has 6 heteroatoms. The number of hydrogen-bond donors (Lipinski definition) is 2. The molecule has 0 bridgehead atoms. The van der Waals surface area contributed by atoms with Crippen molar-refractivity contribution in [2.45, 2.75) is 13.0 Å². The molecule has 0 unspecified atom stereocenters. The molecule has 6 nitrogen and oxygen atoms in total. The molecular formula is C17H22N4O2. The van der Waals surface area contributed by atoms with Crippen LogP contribution < -0.4 is 10.6 Å². The van der Waals surface area contributed by atoms with Gasteiger partial charge in [-0.1, -0.05) is 42.5 Å². The number of carbonyl (C=O) groups is 1. The lowest BCUT2D eigenvalue weighted by atomic mass is 10.2. The molecule has 0 spiro atoms. The van der Waals surface area contributed by atoms with Crippen molar-refractivity contribution < 1.29 is 9.53 Å². The summed E-state index contributed by atoms with van der Waals surface area (Å²) in [6.07, 6.45) is 6.58. The van der Waals surface area contributed by atoms with E-state index in [1.165, 1.54) is 0 Å². The largest absolute Gasteiger partial charge is 0.385 e. The number of nitrogens with one attached hydrogen (secondary N) is 2. The standard InChI is InChI=1S/C17H22N4O2/c1-23-14-6-12-21-13-10-16(20-21)19-17(22)18-11-5-9-15-7-3-2-4-8-15/h2-5,7-10,13H,6,11-12,14H2,1H3,(H2,18,19,20,22). The summed E-state index contributed by atoms with van der Waals surface area (Å²) in [5.41, 5.74) is 1.10. The first-order valence-electron chi connectivity index (χ1n) is 7.57. The molecule has 0 radical (unpaired) electrons. The molecule has 1 heterocycles. The van der Waals surface area contributed by atoms with E-state index in [-0.39, 0.29) is 6.03 Å². The summed E-state index contributed by atoms with van der Waals surface area (Å²) in [6.45, 7) is 1.91. The van der Waals surface area contributed by atoms with Crippen LogP contribution in [0.5, 0.6) is 0 Å². The number of anilines is 1. The maximum Gasteiger partial charge on any atom is 0.320 e. The zero-order chi connectivity index (χ0) is 16.3. The smallest absolute Gasteiger partial charge is 0.320 e. The van der Waals surface area contributed by atoms with Crippen LogP contribution in [0.2, 0.25) is 0 Å². The number of aromatic nitrogens is 2. The molecule has 0 saturated heterocycles. The van der Waals surface area contributed by atoms with E-state index in [4.69, 9.17) is 4.74 Å². The minimum Gasteiger partial charge on any atom is -0.385 e. The van der Waals surface area contributed by atoms with Gasteiger partial charge in [0.1, 0.15) is 0 Å². The molecule has 23 heavy (non-hydrogen) atoms. The van der Waals surface area contributed by atoms with Crippen LogP contribution in [-0.2, 0) is 11.3 Å². The molecule has 0 aliphatic rings. The van der Waals surface area contributed by atoms with Crippen LogP contribution in [0.25, 0.3) is 6.08 Å². The molecule has 0 fully saturated rings. The Hall–Kier alpha value is -2.60. The summed E-state index contributed by atoms with van der Waals surface area (Å²) in [7, 11) is 1.67. The predicted octanol–water partition coefficient (Wildman–Crippen LogP) is 2.75. The van der Waals surface area contributed by atoms with Crippen molar-refractivity contribution in [2.24, 2.45) is 0 Å². The third-order valence-electron chi connectivity index (χ3n) is 3.11. The second-order valence-electron chi connectivity index (χ2n) is 4.96. The average Bonchev–Trinajstić information content (AvgIpc) is 3.00. The molecule has 0 aliphatic carbocycles. The predicted molar refractivity (Wildman–Crippen MR) is 91.2 cm³/mol. The maximum atomic E-state index is 11.8. The van der Waals surface area contributed by atoms with Gasteiger partial charge in [0.25, 0.3) is 0 Å². The fourth-order valence-electron chi connectivity index (χ4n) is 2.00. The molecule has 0 aliphatic heterocycles. The summed E-state index contributed by atoms with van der Waals surface area (Å²) >= 11 is 0. The molecule has 1 aromatic heterocycles. The van der Waals surface area contributed by atoms with Gasteiger partial charge in [0.2, 0.25) is 0 Å². The molecule has 0 saturated carbocycles. The first-order valence-corrected chi connectivity index (χ1v) is 7.57. The van der Waals surface area contributed by atoms with Crippen molar-refractivity contribution in [3.63, 3.8) is 0 Å². The van der Waals surface area contributed by atoms with E-state index in [9.17, 15) is 4.79 Å². The van der Waals surface area contributed by atoms with E-state index >= 15 is 0 Å². The number of aryl methyl sites for hydroxylation is 1. The Labute approximate surface area is 136 Å². The number of amides is 2. The Bertz CT molecular complexity index is 623. The third kappa shape index (κ3) is 6.36. The number of hydrogen-bond acceptors (Lipinski definition) is 3. The highest BCUT2D eigenvalue weighted by Gasteiger charge is 2.03. The summed E-state index contributed by atoms with van der Waals surface area (Å²) < 4.78 is 6.78. The van der Waals surface area contributed by atoms with E-state index in [0.29, 0.717) is 19.0 Å². The normalized spacial score (nSPS) is 10.8. The molecule has 122 valence electrons. The first-order chi connectivity index (χ1) is 11.3. The zero-order valence-electron chi connectivity index (χ0n) is 13.2. The van der Waals surface area contributed by atoms with Gasteiger partial charge in [-0.15, -0.1) is 0 Å². The summed E-state index contributed by atoms with van der Waals surface area (Å²) in [5.74, 6) is 0.534. The fraction of sp³-hybridized carbons (Fsp3) is 0.294. The Kier molecular flexibility index (Phi) is 6.87. The summed E-state index contributed by atoms with van der Waals surface area (Å²) in [4.78, 5) is 11.8. The summed E-state index contributed by atoms with van der Waals surface area (Å²) in [6, 6.07) is 11.4. The molecule has 2 amide bonds. The minimum absolute atomic E-state index is 0.273. The second kappa shape index (κ2) is 9.42. The Balaban J connectivity index is 1.69. The van der Waals surface area contributed by atoms with E-state index in [2.05, 4.69) is 15.7 Å². The number of methoxy groups -OCH3 is 1. The van der Waals surface area contributed by atoms with Gasteiger partial charge in [-0.25, -0.2) is 4.79 Å². The van der Waals surface area contributed by atoms with Crippen LogP contribution in [0.15, 0.2) is 48.7 Å². The molecule has 2 aromatic rings. The van der Waals surface area contributed by atoms with Gasteiger partial charge in [-0.3, -0.25) is 10.00 Å². The number of carbonyl (C=O) groups excluding carboxylic acids is 1. The lowest BCUT2D eigenvalue weighted by molar-refractivity contribution is 0.189. The monoisotopic (exact) mass is 314 g/mol.